The van der Waals surface area contributed by atoms with E-state index in [0.29, 0.717) is 5.56 Å². The van der Waals surface area contributed by atoms with Crippen LogP contribution in [0.1, 0.15) is 5.56 Å². The minimum absolute atomic E-state index is 0.0506. The summed E-state index contributed by atoms with van der Waals surface area (Å²) in [6.07, 6.45) is 0. The molecule has 1 aromatic carbocycles. The van der Waals surface area contributed by atoms with Gasteiger partial charge in [-0.3, -0.25) is 10.1 Å². The maximum Gasteiger partial charge on any atom is 0.331 e. The fourth-order valence-corrected chi connectivity index (χ4v) is 1.55. The van der Waals surface area contributed by atoms with Crippen LogP contribution in [0.25, 0.3) is 0 Å². The number of halogens is 2. The molecular weight excluding hydrogens is 275 g/mol. The molecule has 0 amide bonds. The summed E-state index contributed by atoms with van der Waals surface area (Å²) in [5.74, 6) is -0.630. The third-order valence-corrected chi connectivity index (χ3v) is 2.57. The third-order valence-electron chi connectivity index (χ3n) is 2.36. The molecule has 0 unspecified atom stereocenters. The van der Waals surface area contributed by atoms with Gasteiger partial charge in [0.15, 0.2) is 0 Å². The van der Waals surface area contributed by atoms with Crippen LogP contribution in [0.5, 0.6) is 11.6 Å². The fourth-order valence-electron chi connectivity index (χ4n) is 1.41. The Morgan fingerprint density at radius 2 is 2.11 bits per heavy atom. The third kappa shape index (κ3) is 2.97. The molecule has 0 aliphatic heterocycles. The van der Waals surface area contributed by atoms with E-state index in [4.69, 9.17) is 16.3 Å². The highest BCUT2D eigenvalue weighted by Crippen LogP contribution is 2.32. The normalized spacial score (nSPS) is 10.3. The van der Waals surface area contributed by atoms with Crippen LogP contribution in [0.15, 0.2) is 30.3 Å². The van der Waals surface area contributed by atoms with Gasteiger partial charge in [0.2, 0.25) is 0 Å². The number of aromatic nitrogens is 1. The number of aryl methyl sites for hydroxylation is 1. The highest BCUT2D eigenvalue weighted by molar-refractivity contribution is 6.29. The molecule has 0 aliphatic carbocycles. The first-order valence-electron chi connectivity index (χ1n) is 5.22. The summed E-state index contributed by atoms with van der Waals surface area (Å²) < 4.78 is 18.4. The van der Waals surface area contributed by atoms with E-state index in [2.05, 4.69) is 4.98 Å². The molecule has 0 N–H and O–H groups in total. The lowest BCUT2D eigenvalue weighted by Crippen LogP contribution is -1.97. The number of hydrogen-bond acceptors (Lipinski definition) is 4. The lowest BCUT2D eigenvalue weighted by atomic mass is 10.2. The standard InChI is InChI=1S/C12H8ClFN2O3/c1-7-2-3-8(14)6-10(7)19-12-9(16(17)18)4-5-11(13)15-12/h2-6H,1H3. The van der Waals surface area contributed by atoms with E-state index in [9.17, 15) is 14.5 Å². The minimum atomic E-state index is -0.646. The van der Waals surface area contributed by atoms with Gasteiger partial charge in [0.05, 0.1) is 4.92 Å². The Balaban J connectivity index is 2.45. The van der Waals surface area contributed by atoms with Crippen molar-refractivity contribution in [3.63, 3.8) is 0 Å². The van der Waals surface area contributed by atoms with Gasteiger partial charge in [0.25, 0.3) is 0 Å². The molecule has 98 valence electrons. The van der Waals surface area contributed by atoms with E-state index in [0.717, 1.165) is 6.07 Å². The summed E-state index contributed by atoms with van der Waals surface area (Å²) in [7, 11) is 0. The van der Waals surface area contributed by atoms with Gasteiger partial charge in [-0.1, -0.05) is 17.7 Å². The van der Waals surface area contributed by atoms with Crippen molar-refractivity contribution in [3.8, 4) is 11.6 Å². The van der Waals surface area contributed by atoms with Crippen molar-refractivity contribution in [3.05, 3.63) is 57.0 Å². The molecule has 0 saturated carbocycles. The lowest BCUT2D eigenvalue weighted by molar-refractivity contribution is -0.386. The first kappa shape index (κ1) is 13.2. The van der Waals surface area contributed by atoms with Crippen LogP contribution in [0.4, 0.5) is 10.1 Å². The first-order valence-corrected chi connectivity index (χ1v) is 5.60. The van der Waals surface area contributed by atoms with Crippen LogP contribution >= 0.6 is 11.6 Å². The molecule has 1 aromatic heterocycles. The Bertz CT molecular complexity index is 649. The molecule has 1 heterocycles. The van der Waals surface area contributed by atoms with E-state index in [1.54, 1.807) is 6.92 Å². The molecule has 2 aromatic rings. The van der Waals surface area contributed by atoms with Gasteiger partial charge in [0, 0.05) is 12.1 Å². The molecule has 0 atom stereocenters. The van der Waals surface area contributed by atoms with Crippen LogP contribution in [0.2, 0.25) is 5.15 Å². The molecule has 0 aliphatic rings. The van der Waals surface area contributed by atoms with Crippen molar-refractivity contribution < 1.29 is 14.1 Å². The van der Waals surface area contributed by atoms with Gasteiger partial charge in [-0.15, -0.1) is 0 Å². The molecule has 2 rings (SSSR count). The van der Waals surface area contributed by atoms with E-state index in [1.165, 1.54) is 24.3 Å². The van der Waals surface area contributed by atoms with Crippen molar-refractivity contribution in [2.24, 2.45) is 0 Å². The summed E-state index contributed by atoms with van der Waals surface area (Å²) in [4.78, 5) is 13.9. The Kier molecular flexibility index (Phi) is 3.62. The highest BCUT2D eigenvalue weighted by Gasteiger charge is 2.19. The first-order chi connectivity index (χ1) is 8.97. The zero-order valence-corrected chi connectivity index (χ0v) is 10.5. The second-order valence-corrected chi connectivity index (χ2v) is 4.11. The highest BCUT2D eigenvalue weighted by atomic mass is 35.5. The van der Waals surface area contributed by atoms with Gasteiger partial charge in [-0.25, -0.2) is 4.39 Å². The monoisotopic (exact) mass is 282 g/mol. The topological polar surface area (TPSA) is 65.3 Å². The summed E-state index contributed by atoms with van der Waals surface area (Å²) >= 11 is 5.67. The molecule has 5 nitrogen and oxygen atoms in total. The predicted octanol–water partition coefficient (Wildman–Crippen LogP) is 3.88. The summed E-state index contributed by atoms with van der Waals surface area (Å²) in [5.41, 5.74) is 0.283. The largest absolute Gasteiger partial charge is 0.433 e. The molecule has 19 heavy (non-hydrogen) atoms. The van der Waals surface area contributed by atoms with Gasteiger partial charge >= 0.3 is 11.6 Å². The van der Waals surface area contributed by atoms with Crippen molar-refractivity contribution in [1.82, 2.24) is 4.98 Å². The van der Waals surface area contributed by atoms with Crippen LogP contribution in [-0.4, -0.2) is 9.91 Å². The molecule has 0 radical (unpaired) electrons. The van der Waals surface area contributed by atoms with Gasteiger partial charge in [-0.05, 0) is 24.6 Å². The second-order valence-electron chi connectivity index (χ2n) is 3.73. The Hall–Kier alpha value is -2.21. The number of benzene rings is 1. The number of pyridine rings is 1. The zero-order chi connectivity index (χ0) is 14.0. The lowest BCUT2D eigenvalue weighted by Gasteiger charge is -2.08. The average Bonchev–Trinajstić information content (AvgIpc) is 2.33. The second kappa shape index (κ2) is 5.19. The summed E-state index contributed by atoms with van der Waals surface area (Å²) in [5, 5.41) is 10.9. The minimum Gasteiger partial charge on any atom is -0.433 e. The fraction of sp³-hybridized carbons (Fsp3) is 0.0833. The van der Waals surface area contributed by atoms with Crippen molar-refractivity contribution in [2.75, 3.05) is 0 Å². The number of nitro groups is 1. The molecule has 0 saturated heterocycles. The summed E-state index contributed by atoms with van der Waals surface area (Å²) in [6.45, 7) is 1.69. The zero-order valence-electron chi connectivity index (χ0n) is 9.76. The smallest absolute Gasteiger partial charge is 0.331 e. The SMILES string of the molecule is Cc1ccc(F)cc1Oc1nc(Cl)ccc1[N+](=O)[O-]. The van der Waals surface area contributed by atoms with Crippen molar-refractivity contribution >= 4 is 17.3 Å². The predicted molar refractivity (Wildman–Crippen MR) is 67.1 cm³/mol. The van der Waals surface area contributed by atoms with E-state index < -0.39 is 10.7 Å². The quantitative estimate of drug-likeness (QED) is 0.487. The number of hydrogen-bond donors (Lipinski definition) is 0. The van der Waals surface area contributed by atoms with E-state index >= 15 is 0 Å². The molecule has 0 fully saturated rings. The molecular formula is C12H8ClFN2O3. The van der Waals surface area contributed by atoms with Crippen molar-refractivity contribution in [2.45, 2.75) is 6.92 Å². The van der Waals surface area contributed by atoms with Crippen LogP contribution in [0, 0.1) is 22.9 Å². The molecule has 0 bridgehead atoms. The van der Waals surface area contributed by atoms with E-state index in [-0.39, 0.29) is 22.5 Å². The number of rotatable bonds is 3. The number of ether oxygens (including phenoxy) is 1. The Morgan fingerprint density at radius 3 is 2.79 bits per heavy atom. The number of nitrogens with zero attached hydrogens (tertiary/aromatic N) is 2. The molecule has 0 spiro atoms. The Labute approximate surface area is 112 Å². The van der Waals surface area contributed by atoms with Gasteiger partial charge in [0.1, 0.15) is 16.7 Å². The van der Waals surface area contributed by atoms with Crippen LogP contribution in [-0.2, 0) is 0 Å². The maximum absolute atomic E-state index is 13.1. The van der Waals surface area contributed by atoms with Crippen LogP contribution < -0.4 is 4.74 Å². The maximum atomic E-state index is 13.1. The van der Waals surface area contributed by atoms with E-state index in [1.807, 2.05) is 0 Å². The van der Waals surface area contributed by atoms with Gasteiger partial charge in [-0.2, -0.15) is 4.98 Å². The Morgan fingerprint density at radius 1 is 1.37 bits per heavy atom. The van der Waals surface area contributed by atoms with Crippen LogP contribution in [0.3, 0.4) is 0 Å². The molecule has 7 heteroatoms. The van der Waals surface area contributed by atoms with Gasteiger partial charge < -0.3 is 4.74 Å². The van der Waals surface area contributed by atoms with Crippen molar-refractivity contribution in [1.29, 1.82) is 0 Å². The average molecular weight is 283 g/mol. The summed E-state index contributed by atoms with van der Waals surface area (Å²) in [6, 6.07) is 6.36.